The second-order valence-corrected chi connectivity index (χ2v) is 6.81. The van der Waals surface area contributed by atoms with Crippen LogP contribution in [0, 0.1) is 30.3 Å². The Labute approximate surface area is 192 Å². The summed E-state index contributed by atoms with van der Waals surface area (Å²) in [7, 11) is 0. The Kier molecular flexibility index (Phi) is 7.63. The van der Waals surface area contributed by atoms with Gasteiger partial charge < -0.3 is 10.1 Å². The van der Waals surface area contributed by atoms with Crippen molar-refractivity contribution >= 4 is 17.2 Å². The molecule has 0 aliphatic carbocycles. The predicted molar refractivity (Wildman–Crippen MR) is 123 cm³/mol. The molecule has 0 saturated carbocycles. The van der Waals surface area contributed by atoms with Gasteiger partial charge >= 0.3 is 17.2 Å². The topological polar surface area (TPSA) is 155 Å². The Morgan fingerprint density at radius 2 is 1.35 bits per heavy atom. The van der Waals surface area contributed by atoms with Crippen LogP contribution in [0.4, 0.5) is 17.2 Å². The van der Waals surface area contributed by atoms with Crippen LogP contribution in [0.3, 0.4) is 0 Å². The maximum Gasteiger partial charge on any atom is 0.366 e. The molecular formula is C23H17N5O6. The fourth-order valence-corrected chi connectivity index (χ4v) is 3.15. The number of nitro groups is 3. The Balaban J connectivity index is 0.000000192. The lowest BCUT2D eigenvalue weighted by Gasteiger charge is -2.02. The van der Waals surface area contributed by atoms with Gasteiger partial charge in [-0.15, -0.1) is 0 Å². The molecule has 0 atom stereocenters. The lowest BCUT2D eigenvalue weighted by molar-refractivity contribution is -0.422. The molecule has 0 radical (unpaired) electrons. The van der Waals surface area contributed by atoms with Crippen molar-refractivity contribution in [3.05, 3.63) is 133 Å². The van der Waals surface area contributed by atoms with E-state index in [-0.39, 0.29) is 11.4 Å². The van der Waals surface area contributed by atoms with E-state index in [0.29, 0.717) is 17.7 Å². The average Bonchev–Trinajstić information content (AvgIpc) is 2.85. The monoisotopic (exact) mass is 459 g/mol. The van der Waals surface area contributed by atoms with Gasteiger partial charge in [0.15, 0.2) is 0 Å². The van der Waals surface area contributed by atoms with Gasteiger partial charge in [0.2, 0.25) is 0 Å². The van der Waals surface area contributed by atoms with E-state index in [1.54, 1.807) is 30.3 Å². The van der Waals surface area contributed by atoms with E-state index in [9.17, 15) is 30.3 Å². The van der Waals surface area contributed by atoms with Gasteiger partial charge in [-0.1, -0.05) is 42.5 Å². The van der Waals surface area contributed by atoms with Crippen molar-refractivity contribution in [1.29, 1.82) is 0 Å². The normalized spacial score (nSPS) is 10.0. The van der Waals surface area contributed by atoms with E-state index in [1.807, 2.05) is 30.3 Å². The van der Waals surface area contributed by atoms with Crippen molar-refractivity contribution in [1.82, 2.24) is 9.97 Å². The molecule has 170 valence electrons. The van der Waals surface area contributed by atoms with Crippen molar-refractivity contribution in [2.24, 2.45) is 0 Å². The van der Waals surface area contributed by atoms with Crippen LogP contribution in [-0.4, -0.2) is 24.7 Å². The van der Waals surface area contributed by atoms with E-state index >= 15 is 0 Å². The second-order valence-electron chi connectivity index (χ2n) is 6.81. The molecule has 0 aliphatic heterocycles. The maximum absolute atomic E-state index is 11.0. The molecule has 2 aromatic heterocycles. The van der Waals surface area contributed by atoms with Crippen LogP contribution >= 0.6 is 0 Å². The number of aromatic nitrogens is 2. The van der Waals surface area contributed by atoms with Crippen molar-refractivity contribution in [2.45, 2.75) is 6.42 Å². The number of hydrogen-bond donors (Lipinski definition) is 0. The highest BCUT2D eigenvalue weighted by molar-refractivity contribution is 5.77. The molecule has 11 nitrogen and oxygen atoms in total. The zero-order valence-electron chi connectivity index (χ0n) is 17.6. The molecule has 0 bridgehead atoms. The van der Waals surface area contributed by atoms with Gasteiger partial charge in [0.25, 0.3) is 0 Å². The van der Waals surface area contributed by atoms with Crippen molar-refractivity contribution in [3.8, 4) is 11.3 Å². The van der Waals surface area contributed by atoms with Crippen LogP contribution in [-0.2, 0) is 6.42 Å². The molecule has 0 N–H and O–H groups in total. The Bertz CT molecular complexity index is 1320. The standard InChI is InChI=1S/C12H10N2O2.C11H7N3O4/c15-14(16)12-11(7-4-8-13-12)9-10-5-2-1-3-6-10;15-13(16)10-6-3-4-8(11(10)14(17)18)9-5-1-2-7-12-9/h1-8H,9H2;1-7H. The van der Waals surface area contributed by atoms with Gasteiger partial charge in [-0.25, -0.2) is 0 Å². The first-order valence-electron chi connectivity index (χ1n) is 9.84. The molecule has 11 heteroatoms. The van der Waals surface area contributed by atoms with Crippen LogP contribution in [0.1, 0.15) is 11.1 Å². The second kappa shape index (κ2) is 11.0. The molecular weight excluding hydrogens is 442 g/mol. The summed E-state index contributed by atoms with van der Waals surface area (Å²) in [5, 5.41) is 32.5. The molecule has 0 aliphatic rings. The van der Waals surface area contributed by atoms with E-state index in [4.69, 9.17) is 0 Å². The van der Waals surface area contributed by atoms with E-state index in [0.717, 1.165) is 11.6 Å². The van der Waals surface area contributed by atoms with Gasteiger partial charge in [0, 0.05) is 18.7 Å². The van der Waals surface area contributed by atoms with Crippen molar-refractivity contribution < 1.29 is 14.8 Å². The molecule has 4 aromatic rings. The summed E-state index contributed by atoms with van der Waals surface area (Å²) in [4.78, 5) is 38.3. The number of nitrogens with zero attached hydrogens (tertiary/aromatic N) is 5. The van der Waals surface area contributed by atoms with Crippen LogP contribution in [0.5, 0.6) is 0 Å². The van der Waals surface area contributed by atoms with E-state index in [2.05, 4.69) is 9.97 Å². The number of pyridine rings is 2. The fourth-order valence-electron chi connectivity index (χ4n) is 3.15. The van der Waals surface area contributed by atoms with Gasteiger partial charge in [-0.05, 0) is 45.8 Å². The first-order valence-corrected chi connectivity index (χ1v) is 9.84. The molecule has 34 heavy (non-hydrogen) atoms. The summed E-state index contributed by atoms with van der Waals surface area (Å²) in [6.45, 7) is 0. The third-order valence-electron chi connectivity index (χ3n) is 4.61. The van der Waals surface area contributed by atoms with Crippen LogP contribution in [0.15, 0.2) is 91.3 Å². The molecule has 0 unspecified atom stereocenters. The highest BCUT2D eigenvalue weighted by atomic mass is 16.6. The number of nitro benzene ring substituents is 2. The molecule has 4 rings (SSSR count). The third kappa shape index (κ3) is 5.79. The van der Waals surface area contributed by atoms with E-state index < -0.39 is 26.1 Å². The summed E-state index contributed by atoms with van der Waals surface area (Å²) >= 11 is 0. The Morgan fingerprint density at radius 1 is 0.647 bits per heavy atom. The minimum Gasteiger partial charge on any atom is -0.358 e. The van der Waals surface area contributed by atoms with E-state index in [1.165, 1.54) is 24.5 Å². The number of hydrogen-bond acceptors (Lipinski definition) is 8. The molecule has 0 amide bonds. The lowest BCUT2D eigenvalue weighted by Crippen LogP contribution is -1.99. The summed E-state index contributed by atoms with van der Waals surface area (Å²) in [6.07, 6.45) is 3.44. The molecule has 2 heterocycles. The summed E-state index contributed by atoms with van der Waals surface area (Å²) < 4.78 is 0. The first-order chi connectivity index (χ1) is 16.4. The summed E-state index contributed by atoms with van der Waals surface area (Å²) in [5.74, 6) is -0.0636. The largest absolute Gasteiger partial charge is 0.366 e. The lowest BCUT2D eigenvalue weighted by atomic mass is 10.1. The van der Waals surface area contributed by atoms with Crippen LogP contribution in [0.2, 0.25) is 0 Å². The fraction of sp³-hybridized carbons (Fsp3) is 0.0435. The maximum atomic E-state index is 11.0. The predicted octanol–water partition coefficient (Wildman–Crippen LogP) is 5.15. The molecule has 0 saturated heterocycles. The minimum atomic E-state index is -0.773. The zero-order valence-corrected chi connectivity index (χ0v) is 17.6. The summed E-state index contributed by atoms with van der Waals surface area (Å²) in [6, 6.07) is 21.9. The van der Waals surface area contributed by atoms with Gasteiger partial charge in [-0.3, -0.25) is 25.2 Å². The van der Waals surface area contributed by atoms with Gasteiger partial charge in [-0.2, -0.15) is 0 Å². The van der Waals surface area contributed by atoms with Gasteiger partial charge in [0.1, 0.15) is 6.20 Å². The van der Waals surface area contributed by atoms with Crippen LogP contribution < -0.4 is 0 Å². The summed E-state index contributed by atoms with van der Waals surface area (Å²) in [5.41, 5.74) is 1.06. The Morgan fingerprint density at radius 3 is 1.97 bits per heavy atom. The molecule has 0 spiro atoms. The quantitative estimate of drug-likeness (QED) is 0.283. The highest BCUT2D eigenvalue weighted by Gasteiger charge is 2.29. The van der Waals surface area contributed by atoms with Crippen molar-refractivity contribution in [3.63, 3.8) is 0 Å². The smallest absolute Gasteiger partial charge is 0.358 e. The average molecular weight is 459 g/mol. The molecule has 0 fully saturated rings. The number of para-hydroxylation sites is 1. The van der Waals surface area contributed by atoms with Crippen molar-refractivity contribution in [2.75, 3.05) is 0 Å². The number of benzene rings is 2. The van der Waals surface area contributed by atoms with Gasteiger partial charge in [0.05, 0.1) is 26.7 Å². The number of rotatable bonds is 6. The molecule has 2 aromatic carbocycles. The highest BCUT2D eigenvalue weighted by Crippen LogP contribution is 2.36. The zero-order chi connectivity index (χ0) is 24.5. The van der Waals surface area contributed by atoms with Crippen LogP contribution in [0.25, 0.3) is 11.3 Å². The minimum absolute atomic E-state index is 0.0636. The Hall–Kier alpha value is -5.06. The SMILES string of the molecule is O=[N+]([O-])c1cccc(-c2ccccn2)c1[N+](=O)[O-].O=[N+]([O-])c1ncccc1Cc1ccccc1. The first kappa shape index (κ1) is 23.6. The third-order valence-corrected chi connectivity index (χ3v) is 4.61.